The van der Waals surface area contributed by atoms with E-state index in [4.69, 9.17) is 4.74 Å². The highest BCUT2D eigenvalue weighted by molar-refractivity contribution is 6.06. The van der Waals surface area contributed by atoms with Gasteiger partial charge in [0.25, 0.3) is 5.91 Å². The molecular formula is C18H14F3N3O4. The zero-order valence-corrected chi connectivity index (χ0v) is 14.5. The Morgan fingerprint density at radius 1 is 1.18 bits per heavy atom. The second-order valence-corrected chi connectivity index (χ2v) is 5.63. The van der Waals surface area contributed by atoms with E-state index in [-0.39, 0.29) is 12.5 Å². The Kier molecular flexibility index (Phi) is 5.32. The summed E-state index contributed by atoms with van der Waals surface area (Å²) in [5.74, 6) is -0.930. The molecule has 10 heteroatoms. The van der Waals surface area contributed by atoms with Crippen LogP contribution < -0.4 is 5.32 Å². The monoisotopic (exact) mass is 393 g/mol. The van der Waals surface area contributed by atoms with E-state index in [0.717, 1.165) is 16.7 Å². The molecule has 1 aromatic heterocycles. The summed E-state index contributed by atoms with van der Waals surface area (Å²) < 4.78 is 49.9. The number of aromatic nitrogens is 2. The molecule has 28 heavy (non-hydrogen) atoms. The number of carbonyl (C=O) groups is 2. The molecule has 0 saturated heterocycles. The van der Waals surface area contributed by atoms with Crippen LogP contribution >= 0.6 is 0 Å². The summed E-state index contributed by atoms with van der Waals surface area (Å²) in [4.78, 5) is 28.4. The van der Waals surface area contributed by atoms with Crippen LogP contribution in [0.2, 0.25) is 0 Å². The number of methoxy groups -OCH3 is 1. The number of nitrogens with zero attached hydrogens (tertiary/aromatic N) is 2. The summed E-state index contributed by atoms with van der Waals surface area (Å²) in [6.07, 6.45) is -4.19. The summed E-state index contributed by atoms with van der Waals surface area (Å²) >= 11 is 0. The number of imidazole rings is 1. The van der Waals surface area contributed by atoms with Crippen molar-refractivity contribution < 1.29 is 32.2 Å². The number of anilines is 1. The summed E-state index contributed by atoms with van der Waals surface area (Å²) in [5, 5.41) is 2.41. The number of alkyl halides is 3. The Bertz CT molecular complexity index is 1030. The van der Waals surface area contributed by atoms with Crippen LogP contribution in [0.15, 0.2) is 48.8 Å². The largest absolute Gasteiger partial charge is 0.422 e. The zero-order chi connectivity index (χ0) is 20.3. The first-order valence-electron chi connectivity index (χ1n) is 7.92. The molecule has 0 radical (unpaired) electrons. The summed E-state index contributed by atoms with van der Waals surface area (Å²) in [6, 6.07) is 8.85. The lowest BCUT2D eigenvalue weighted by Crippen LogP contribution is -2.18. The van der Waals surface area contributed by atoms with E-state index >= 15 is 0 Å². The zero-order valence-electron chi connectivity index (χ0n) is 14.5. The highest BCUT2D eigenvalue weighted by Gasteiger charge is 2.34. The predicted octanol–water partition coefficient (Wildman–Crippen LogP) is 3.90. The van der Waals surface area contributed by atoms with Crippen LogP contribution in [0.1, 0.15) is 15.9 Å². The molecule has 0 atom stereocenters. The number of ether oxygens (including phenoxy) is 2. The van der Waals surface area contributed by atoms with Gasteiger partial charge in [-0.25, -0.2) is 14.3 Å². The lowest BCUT2D eigenvalue weighted by atomic mass is 10.1. The average molecular weight is 393 g/mol. The smallest absolute Gasteiger partial charge is 0.421 e. The third kappa shape index (κ3) is 3.96. The van der Waals surface area contributed by atoms with Crippen LogP contribution in [-0.2, 0) is 15.7 Å². The van der Waals surface area contributed by atoms with Gasteiger partial charge in [0.2, 0.25) is 0 Å². The number of carbonyl (C=O) groups excluding carboxylic acids is 2. The number of benzene rings is 2. The fourth-order valence-corrected chi connectivity index (χ4v) is 2.54. The second kappa shape index (κ2) is 7.69. The first-order chi connectivity index (χ1) is 13.3. The fourth-order valence-electron chi connectivity index (χ4n) is 2.54. The maximum absolute atomic E-state index is 13.1. The minimum absolute atomic E-state index is 0.191. The molecule has 0 fully saturated rings. The topological polar surface area (TPSA) is 82.4 Å². The summed E-state index contributed by atoms with van der Waals surface area (Å²) in [6.45, 7) is -0.261. The van der Waals surface area contributed by atoms with Gasteiger partial charge in [-0.05, 0) is 30.3 Å². The van der Waals surface area contributed by atoms with E-state index in [1.54, 1.807) is 0 Å². The molecule has 0 spiro atoms. The molecule has 7 nitrogen and oxygen atoms in total. The molecule has 2 aromatic carbocycles. The van der Waals surface area contributed by atoms with Crippen molar-refractivity contribution in [2.75, 3.05) is 19.2 Å². The molecule has 1 heterocycles. The summed E-state index contributed by atoms with van der Waals surface area (Å²) in [5.41, 5.74) is -0.619. The normalized spacial score (nSPS) is 11.4. The van der Waals surface area contributed by atoms with E-state index in [0.29, 0.717) is 11.0 Å². The van der Waals surface area contributed by atoms with E-state index in [1.807, 2.05) is 0 Å². The third-order valence-electron chi connectivity index (χ3n) is 3.78. The van der Waals surface area contributed by atoms with Crippen LogP contribution in [-0.4, -0.2) is 35.5 Å². The Hall–Kier alpha value is -3.40. The highest BCUT2D eigenvalue weighted by atomic mass is 19.4. The Balaban J connectivity index is 1.89. The molecule has 0 bridgehead atoms. The number of fused-ring (bicyclic) bond motifs is 1. The maximum atomic E-state index is 13.1. The number of hydrogen-bond donors (Lipinski definition) is 1. The average Bonchev–Trinajstić information content (AvgIpc) is 3.08. The van der Waals surface area contributed by atoms with E-state index in [9.17, 15) is 22.8 Å². The summed E-state index contributed by atoms with van der Waals surface area (Å²) in [7, 11) is 1.35. The van der Waals surface area contributed by atoms with E-state index < -0.39 is 29.3 Å². The van der Waals surface area contributed by atoms with Gasteiger partial charge in [0.15, 0.2) is 6.79 Å². The second-order valence-electron chi connectivity index (χ2n) is 5.63. The standard InChI is InChI=1S/C18H14F3N3O4/c1-27-10-28-17(26)24-9-22-14-7-6-11(8-15(14)24)23-16(25)12-4-2-3-5-13(12)18(19,20)21/h2-9H,10H2,1H3,(H,23,25). The molecule has 1 N–H and O–H groups in total. The van der Waals surface area contributed by atoms with Gasteiger partial charge >= 0.3 is 12.3 Å². The van der Waals surface area contributed by atoms with Crippen molar-refractivity contribution >= 4 is 28.7 Å². The number of rotatable bonds is 4. The van der Waals surface area contributed by atoms with E-state index in [2.05, 4.69) is 15.0 Å². The predicted molar refractivity (Wildman–Crippen MR) is 92.9 cm³/mol. The third-order valence-corrected chi connectivity index (χ3v) is 3.78. The fraction of sp³-hybridized carbons (Fsp3) is 0.167. The van der Waals surface area contributed by atoms with Crippen molar-refractivity contribution in [2.45, 2.75) is 6.18 Å². The van der Waals surface area contributed by atoms with Gasteiger partial charge in [-0.1, -0.05) is 12.1 Å². The molecule has 0 unspecified atom stereocenters. The van der Waals surface area contributed by atoms with Crippen LogP contribution in [0.25, 0.3) is 11.0 Å². The van der Waals surface area contributed by atoms with Crippen molar-refractivity contribution in [3.8, 4) is 0 Å². The molecule has 3 rings (SSSR count). The minimum Gasteiger partial charge on any atom is -0.422 e. The van der Waals surface area contributed by atoms with Crippen molar-refractivity contribution in [3.63, 3.8) is 0 Å². The molecule has 146 valence electrons. The quantitative estimate of drug-likeness (QED) is 0.680. The molecule has 0 aliphatic heterocycles. The van der Waals surface area contributed by atoms with Gasteiger partial charge in [-0.2, -0.15) is 13.2 Å². The molecule has 0 aliphatic carbocycles. The van der Waals surface area contributed by atoms with Crippen molar-refractivity contribution in [3.05, 3.63) is 59.9 Å². The number of halogens is 3. The van der Waals surface area contributed by atoms with Gasteiger partial charge in [0.1, 0.15) is 6.33 Å². The van der Waals surface area contributed by atoms with Crippen LogP contribution in [0.5, 0.6) is 0 Å². The number of nitrogens with one attached hydrogen (secondary N) is 1. The number of amides is 1. The van der Waals surface area contributed by atoms with Crippen LogP contribution in [0.3, 0.4) is 0 Å². The molecule has 3 aromatic rings. The maximum Gasteiger partial charge on any atom is 0.421 e. The molecule has 1 amide bonds. The van der Waals surface area contributed by atoms with Crippen LogP contribution in [0.4, 0.5) is 23.7 Å². The SMILES string of the molecule is COCOC(=O)n1cnc2ccc(NC(=O)c3ccccc3C(F)(F)F)cc21. The van der Waals surface area contributed by atoms with Crippen molar-refractivity contribution in [1.82, 2.24) is 9.55 Å². The van der Waals surface area contributed by atoms with Crippen LogP contribution in [0, 0.1) is 0 Å². The van der Waals surface area contributed by atoms with Gasteiger partial charge in [-0.15, -0.1) is 0 Å². The lowest BCUT2D eigenvalue weighted by molar-refractivity contribution is -0.137. The first kappa shape index (κ1) is 19.4. The molecule has 0 aliphatic rings. The Labute approximate surface area is 156 Å². The number of hydrogen-bond acceptors (Lipinski definition) is 5. The Morgan fingerprint density at radius 3 is 2.64 bits per heavy atom. The van der Waals surface area contributed by atoms with Gasteiger partial charge < -0.3 is 14.8 Å². The Morgan fingerprint density at radius 2 is 1.93 bits per heavy atom. The van der Waals surface area contributed by atoms with Gasteiger partial charge in [-0.3, -0.25) is 4.79 Å². The van der Waals surface area contributed by atoms with E-state index in [1.165, 1.54) is 43.8 Å². The van der Waals surface area contributed by atoms with Crippen molar-refractivity contribution in [1.29, 1.82) is 0 Å². The lowest BCUT2D eigenvalue weighted by Gasteiger charge is -2.13. The van der Waals surface area contributed by atoms with Crippen molar-refractivity contribution in [2.24, 2.45) is 0 Å². The highest BCUT2D eigenvalue weighted by Crippen LogP contribution is 2.32. The van der Waals surface area contributed by atoms with Gasteiger partial charge in [0, 0.05) is 12.8 Å². The first-order valence-corrected chi connectivity index (χ1v) is 7.92. The van der Waals surface area contributed by atoms with Gasteiger partial charge in [0.05, 0.1) is 22.2 Å². The minimum atomic E-state index is -4.67. The molecular weight excluding hydrogens is 379 g/mol. The molecule has 0 saturated carbocycles.